The van der Waals surface area contributed by atoms with Crippen LogP contribution in [0.25, 0.3) is 0 Å². The van der Waals surface area contributed by atoms with Crippen LogP contribution in [0.5, 0.6) is 11.5 Å². The lowest BCUT2D eigenvalue weighted by Gasteiger charge is -2.34. The zero-order valence-electron chi connectivity index (χ0n) is 16.3. The van der Waals surface area contributed by atoms with Crippen molar-refractivity contribution in [1.29, 1.82) is 0 Å². The number of carbonyl (C=O) groups excluding carboxylic acids is 2. The fourth-order valence-corrected chi connectivity index (χ4v) is 3.98. The first-order valence-electron chi connectivity index (χ1n) is 10.0. The summed E-state index contributed by atoms with van der Waals surface area (Å²) in [6, 6.07) is 7.09. The minimum atomic E-state index is -0.768. The molecule has 0 aromatic heterocycles. The van der Waals surface area contributed by atoms with Gasteiger partial charge in [-0.3, -0.25) is 9.69 Å². The van der Waals surface area contributed by atoms with Crippen molar-refractivity contribution in [2.24, 2.45) is 5.92 Å². The first-order chi connectivity index (χ1) is 13.0. The lowest BCUT2D eigenvalue weighted by Crippen LogP contribution is -2.51. The molecule has 0 radical (unpaired) electrons. The van der Waals surface area contributed by atoms with Crippen LogP contribution in [-0.2, 0) is 4.79 Å². The number of nitrogens with zero attached hydrogens (tertiary/aromatic N) is 1. The van der Waals surface area contributed by atoms with Crippen molar-refractivity contribution in [1.82, 2.24) is 10.2 Å². The first-order valence-corrected chi connectivity index (χ1v) is 10.0. The van der Waals surface area contributed by atoms with E-state index >= 15 is 0 Å². The Morgan fingerprint density at radius 2 is 1.63 bits per heavy atom. The topological polar surface area (TPSA) is 67.9 Å². The molecule has 0 bridgehead atoms. The van der Waals surface area contributed by atoms with Crippen molar-refractivity contribution < 1.29 is 19.1 Å². The Balaban J connectivity index is 1.52. The number of hydrogen-bond acceptors (Lipinski definition) is 4. The quantitative estimate of drug-likeness (QED) is 0.704. The molecule has 2 fully saturated rings. The molecule has 2 aliphatic rings. The van der Waals surface area contributed by atoms with E-state index in [9.17, 15) is 9.59 Å². The molecule has 0 unspecified atom stereocenters. The van der Waals surface area contributed by atoms with Crippen molar-refractivity contribution in [3.8, 4) is 11.5 Å². The Kier molecular flexibility index (Phi) is 6.24. The summed E-state index contributed by atoms with van der Waals surface area (Å²) in [6.45, 7) is 5.15. The van der Waals surface area contributed by atoms with Crippen molar-refractivity contribution in [3.63, 3.8) is 0 Å². The summed E-state index contributed by atoms with van der Waals surface area (Å²) in [7, 11) is 0. The van der Waals surface area contributed by atoms with Crippen LogP contribution < -0.4 is 14.8 Å². The van der Waals surface area contributed by atoms with Gasteiger partial charge >= 0.3 is 6.03 Å². The van der Waals surface area contributed by atoms with Gasteiger partial charge < -0.3 is 14.8 Å². The zero-order chi connectivity index (χ0) is 19.3. The third-order valence-corrected chi connectivity index (χ3v) is 5.60. The van der Waals surface area contributed by atoms with Crippen LogP contribution >= 0.6 is 0 Å². The number of hydrogen-bond donors (Lipinski definition) is 1. The molecular weight excluding hydrogens is 344 g/mol. The second-order valence-corrected chi connectivity index (χ2v) is 7.59. The van der Waals surface area contributed by atoms with E-state index in [-0.39, 0.29) is 31.0 Å². The van der Waals surface area contributed by atoms with E-state index in [0.717, 1.165) is 37.9 Å². The number of urea groups is 1. The molecule has 1 saturated heterocycles. The minimum Gasteiger partial charge on any atom is -0.494 e. The monoisotopic (exact) mass is 374 g/mol. The molecule has 1 atom stereocenters. The predicted molar refractivity (Wildman–Crippen MR) is 103 cm³/mol. The second kappa shape index (κ2) is 8.63. The third-order valence-electron chi connectivity index (χ3n) is 5.60. The normalized spacial score (nSPS) is 23.4. The lowest BCUT2D eigenvalue weighted by molar-refractivity contribution is -0.133. The number of nitrogens with one attached hydrogen (secondary N) is 1. The molecule has 1 aliphatic carbocycles. The van der Waals surface area contributed by atoms with Gasteiger partial charge in [-0.05, 0) is 56.4 Å². The van der Waals surface area contributed by atoms with E-state index in [1.54, 1.807) is 0 Å². The van der Waals surface area contributed by atoms with E-state index in [4.69, 9.17) is 9.47 Å². The maximum atomic E-state index is 12.9. The summed E-state index contributed by atoms with van der Waals surface area (Å²) in [5.41, 5.74) is -0.768. The predicted octanol–water partition coefficient (Wildman–Crippen LogP) is 3.75. The molecule has 6 nitrogen and oxygen atoms in total. The maximum absolute atomic E-state index is 12.9. The highest BCUT2D eigenvalue weighted by Gasteiger charge is 2.52. The molecule has 1 saturated carbocycles. The molecule has 1 aliphatic heterocycles. The van der Waals surface area contributed by atoms with Gasteiger partial charge in [0.15, 0.2) is 0 Å². The van der Waals surface area contributed by atoms with Crippen LogP contribution in [0.1, 0.15) is 52.4 Å². The summed E-state index contributed by atoms with van der Waals surface area (Å²) in [4.78, 5) is 26.5. The average molecular weight is 374 g/mol. The van der Waals surface area contributed by atoms with Crippen LogP contribution in [-0.4, -0.2) is 42.1 Å². The van der Waals surface area contributed by atoms with Crippen molar-refractivity contribution in [3.05, 3.63) is 24.3 Å². The van der Waals surface area contributed by atoms with Crippen LogP contribution in [0, 0.1) is 5.92 Å². The number of rotatable bonds is 8. The van der Waals surface area contributed by atoms with Gasteiger partial charge in [0.25, 0.3) is 5.91 Å². The zero-order valence-corrected chi connectivity index (χ0v) is 16.3. The molecular formula is C21H30N2O4. The summed E-state index contributed by atoms with van der Waals surface area (Å²) in [5, 5.41) is 2.94. The number of ether oxygens (including phenoxy) is 2. The standard InChI is InChI=1S/C21H30N2O4/c1-3-14-26-17-9-11-18(12-10-17)27-15-13-23-19(24)21(2,22-20(23)25)16-7-5-4-6-8-16/h9-12,16H,3-8,13-15H2,1-2H3,(H,22,25)/t21-/m0/s1. The smallest absolute Gasteiger partial charge is 0.325 e. The van der Waals surface area contributed by atoms with E-state index in [2.05, 4.69) is 12.2 Å². The van der Waals surface area contributed by atoms with Gasteiger partial charge in [-0.2, -0.15) is 0 Å². The Morgan fingerprint density at radius 3 is 2.22 bits per heavy atom. The lowest BCUT2D eigenvalue weighted by atomic mass is 9.75. The van der Waals surface area contributed by atoms with Gasteiger partial charge in [0.2, 0.25) is 0 Å². The fourth-order valence-electron chi connectivity index (χ4n) is 3.98. The Bertz CT molecular complexity index is 655. The molecule has 1 heterocycles. The molecule has 1 aromatic rings. The van der Waals surface area contributed by atoms with Crippen LogP contribution in [0.4, 0.5) is 4.79 Å². The summed E-state index contributed by atoms with van der Waals surface area (Å²) in [5.74, 6) is 1.61. The van der Waals surface area contributed by atoms with Crippen LogP contribution in [0.3, 0.4) is 0 Å². The van der Waals surface area contributed by atoms with E-state index < -0.39 is 5.54 Å². The Hall–Kier alpha value is -2.24. The summed E-state index contributed by atoms with van der Waals surface area (Å²) >= 11 is 0. The van der Waals surface area contributed by atoms with Crippen molar-refractivity contribution in [2.75, 3.05) is 19.8 Å². The highest BCUT2D eigenvalue weighted by Crippen LogP contribution is 2.36. The molecule has 1 aromatic carbocycles. The van der Waals surface area contributed by atoms with Crippen molar-refractivity contribution >= 4 is 11.9 Å². The fraction of sp³-hybridized carbons (Fsp3) is 0.619. The summed E-state index contributed by atoms with van der Waals surface area (Å²) < 4.78 is 11.3. The molecule has 3 amide bonds. The minimum absolute atomic E-state index is 0.119. The van der Waals surface area contributed by atoms with E-state index in [1.807, 2.05) is 31.2 Å². The maximum Gasteiger partial charge on any atom is 0.325 e. The third kappa shape index (κ3) is 4.37. The van der Waals surface area contributed by atoms with Crippen LogP contribution in [0.2, 0.25) is 0 Å². The van der Waals surface area contributed by atoms with Crippen molar-refractivity contribution in [2.45, 2.75) is 57.9 Å². The highest BCUT2D eigenvalue weighted by molar-refractivity contribution is 6.07. The van der Waals surface area contributed by atoms with Gasteiger partial charge in [-0.25, -0.2) is 4.79 Å². The molecule has 3 rings (SSSR count). The Labute approximate surface area is 161 Å². The summed E-state index contributed by atoms with van der Waals surface area (Å²) in [6.07, 6.45) is 6.44. The van der Waals surface area contributed by atoms with Gasteiger partial charge in [0.05, 0.1) is 13.2 Å². The van der Waals surface area contributed by atoms with Gasteiger partial charge in [-0.15, -0.1) is 0 Å². The second-order valence-electron chi connectivity index (χ2n) is 7.59. The number of carbonyl (C=O) groups is 2. The number of amides is 3. The van der Waals surface area contributed by atoms with Crippen LogP contribution in [0.15, 0.2) is 24.3 Å². The average Bonchev–Trinajstić information content (AvgIpc) is 2.92. The number of imide groups is 1. The largest absolute Gasteiger partial charge is 0.494 e. The van der Waals surface area contributed by atoms with Gasteiger partial charge in [0, 0.05) is 0 Å². The van der Waals surface area contributed by atoms with E-state index in [0.29, 0.717) is 12.4 Å². The Morgan fingerprint density at radius 1 is 1.04 bits per heavy atom. The first kappa shape index (κ1) is 19.5. The highest BCUT2D eigenvalue weighted by atomic mass is 16.5. The van der Waals surface area contributed by atoms with E-state index in [1.165, 1.54) is 11.3 Å². The van der Waals surface area contributed by atoms with Gasteiger partial charge in [0.1, 0.15) is 23.6 Å². The molecule has 1 N–H and O–H groups in total. The SMILES string of the molecule is CCCOc1ccc(OCCN2C(=O)N[C@@](C)(C3CCCCC3)C2=O)cc1. The molecule has 0 spiro atoms. The molecule has 148 valence electrons. The number of benzene rings is 1. The van der Waals surface area contributed by atoms with Gasteiger partial charge in [-0.1, -0.05) is 26.2 Å². The molecule has 6 heteroatoms. The molecule has 27 heavy (non-hydrogen) atoms.